The number of carbonyl (C=O) groups is 3. The molecule has 0 spiro atoms. The van der Waals surface area contributed by atoms with Crippen molar-refractivity contribution in [1.82, 2.24) is 15.1 Å². The molecule has 0 radical (unpaired) electrons. The van der Waals surface area contributed by atoms with Gasteiger partial charge in [-0.25, -0.2) is 0 Å². The van der Waals surface area contributed by atoms with E-state index in [2.05, 4.69) is 19.2 Å². The van der Waals surface area contributed by atoms with Crippen molar-refractivity contribution in [3.8, 4) is 0 Å². The minimum absolute atomic E-state index is 0.0433. The van der Waals surface area contributed by atoms with Crippen LogP contribution in [0.3, 0.4) is 0 Å². The van der Waals surface area contributed by atoms with Crippen LogP contribution in [-0.2, 0) is 14.4 Å². The summed E-state index contributed by atoms with van der Waals surface area (Å²) in [5.41, 5.74) is 0.959. The summed E-state index contributed by atoms with van der Waals surface area (Å²) in [6.07, 6.45) is 4.69. The third-order valence-electron chi connectivity index (χ3n) is 5.81. The lowest BCUT2D eigenvalue weighted by atomic mass is 9.96. The Hall–Kier alpha value is -2.37. The second kappa shape index (κ2) is 12.4. The molecule has 1 saturated heterocycles. The van der Waals surface area contributed by atoms with Gasteiger partial charge in [0.15, 0.2) is 0 Å². The number of nitrogens with zero attached hydrogens (tertiary/aromatic N) is 2. The largest absolute Gasteiger partial charge is 0.354 e. The lowest BCUT2D eigenvalue weighted by Gasteiger charge is -2.32. The number of rotatable bonds is 6. The van der Waals surface area contributed by atoms with E-state index in [9.17, 15) is 14.4 Å². The van der Waals surface area contributed by atoms with Gasteiger partial charge in [-0.3, -0.25) is 14.4 Å². The molecule has 6 nitrogen and oxygen atoms in total. The van der Waals surface area contributed by atoms with Crippen molar-refractivity contribution in [2.75, 3.05) is 26.2 Å². The maximum absolute atomic E-state index is 13.1. The molecule has 1 aromatic rings. The Bertz CT molecular complexity index is 686. The highest BCUT2D eigenvalue weighted by atomic mass is 16.2. The van der Waals surface area contributed by atoms with Crippen molar-refractivity contribution in [3.05, 3.63) is 35.9 Å². The first-order chi connectivity index (χ1) is 14.5. The van der Waals surface area contributed by atoms with Crippen LogP contribution < -0.4 is 5.32 Å². The summed E-state index contributed by atoms with van der Waals surface area (Å²) < 4.78 is 0. The molecular formula is C24H37N3O3. The first kappa shape index (κ1) is 23.9. The highest BCUT2D eigenvalue weighted by Crippen LogP contribution is 2.25. The van der Waals surface area contributed by atoms with E-state index in [0.717, 1.165) is 31.2 Å². The SMILES string of the molecule is CCCC(CCC)C(=O)N1CCCN(C(C)=O)C(c2ccccc2)CC(=O)NCC1. The topological polar surface area (TPSA) is 69.7 Å². The molecule has 166 valence electrons. The number of carbonyl (C=O) groups excluding carboxylic acids is 3. The van der Waals surface area contributed by atoms with E-state index in [4.69, 9.17) is 0 Å². The normalized spacial score (nSPS) is 18.7. The van der Waals surface area contributed by atoms with Gasteiger partial charge in [0.25, 0.3) is 0 Å². The fourth-order valence-electron chi connectivity index (χ4n) is 4.30. The molecule has 0 aromatic heterocycles. The molecule has 1 N–H and O–H groups in total. The number of hydrogen-bond acceptors (Lipinski definition) is 3. The van der Waals surface area contributed by atoms with Crippen molar-refractivity contribution in [2.24, 2.45) is 5.92 Å². The molecule has 6 heteroatoms. The molecule has 1 unspecified atom stereocenters. The van der Waals surface area contributed by atoms with Crippen LogP contribution in [0.5, 0.6) is 0 Å². The van der Waals surface area contributed by atoms with Crippen molar-refractivity contribution < 1.29 is 14.4 Å². The summed E-state index contributed by atoms with van der Waals surface area (Å²) >= 11 is 0. The average molecular weight is 416 g/mol. The third-order valence-corrected chi connectivity index (χ3v) is 5.81. The average Bonchev–Trinajstić information content (AvgIpc) is 2.77. The molecule has 1 aliphatic heterocycles. The van der Waals surface area contributed by atoms with Crippen LogP contribution in [0.15, 0.2) is 30.3 Å². The fraction of sp³-hybridized carbons (Fsp3) is 0.625. The van der Waals surface area contributed by atoms with E-state index < -0.39 is 0 Å². The number of benzene rings is 1. The minimum Gasteiger partial charge on any atom is -0.354 e. The highest BCUT2D eigenvalue weighted by molar-refractivity contribution is 5.80. The van der Waals surface area contributed by atoms with E-state index in [1.54, 1.807) is 11.8 Å². The molecule has 1 fully saturated rings. The summed E-state index contributed by atoms with van der Waals surface area (Å²) in [6, 6.07) is 9.42. The van der Waals surface area contributed by atoms with Gasteiger partial charge in [-0.05, 0) is 24.8 Å². The zero-order valence-corrected chi connectivity index (χ0v) is 18.7. The van der Waals surface area contributed by atoms with Gasteiger partial charge in [-0.15, -0.1) is 0 Å². The van der Waals surface area contributed by atoms with E-state index in [1.807, 2.05) is 35.2 Å². The van der Waals surface area contributed by atoms with Gasteiger partial charge in [-0.2, -0.15) is 0 Å². The quantitative estimate of drug-likeness (QED) is 0.773. The lowest BCUT2D eigenvalue weighted by Crippen LogP contribution is -2.42. The molecule has 0 aliphatic carbocycles. The van der Waals surface area contributed by atoms with E-state index in [0.29, 0.717) is 32.6 Å². The van der Waals surface area contributed by atoms with Gasteiger partial charge in [0.1, 0.15) is 0 Å². The standard InChI is InChI=1S/C24H37N3O3/c1-4-10-21(11-5-2)24(30)26-15-9-16-27(19(3)28)22(18-23(29)25-14-17-26)20-12-7-6-8-13-20/h6-8,12-13,21-22H,4-5,9-11,14-18H2,1-3H3,(H,25,29). The fourth-order valence-corrected chi connectivity index (χ4v) is 4.30. The van der Waals surface area contributed by atoms with Crippen LogP contribution in [0, 0.1) is 5.92 Å². The summed E-state index contributed by atoms with van der Waals surface area (Å²) in [5.74, 6) is 0.0784. The first-order valence-corrected chi connectivity index (χ1v) is 11.4. The molecule has 30 heavy (non-hydrogen) atoms. The van der Waals surface area contributed by atoms with Crippen LogP contribution in [0.2, 0.25) is 0 Å². The molecule has 2 rings (SSSR count). The van der Waals surface area contributed by atoms with Crippen LogP contribution in [0.1, 0.15) is 70.9 Å². The molecule has 3 amide bonds. The van der Waals surface area contributed by atoms with Crippen LogP contribution in [0.25, 0.3) is 0 Å². The zero-order chi connectivity index (χ0) is 21.9. The Balaban J connectivity index is 2.19. The molecule has 1 aromatic carbocycles. The van der Waals surface area contributed by atoms with Crippen molar-refractivity contribution in [1.29, 1.82) is 0 Å². The van der Waals surface area contributed by atoms with E-state index in [-0.39, 0.29) is 36.1 Å². The second-order valence-electron chi connectivity index (χ2n) is 8.15. The molecule has 1 heterocycles. The van der Waals surface area contributed by atoms with Crippen molar-refractivity contribution in [2.45, 2.75) is 65.3 Å². The van der Waals surface area contributed by atoms with Gasteiger partial charge in [0, 0.05) is 39.0 Å². The molecular weight excluding hydrogens is 378 g/mol. The van der Waals surface area contributed by atoms with Gasteiger partial charge in [-0.1, -0.05) is 57.0 Å². The second-order valence-corrected chi connectivity index (χ2v) is 8.15. The molecule has 1 aliphatic rings. The predicted octanol–water partition coefficient (Wildman–Crippen LogP) is 3.53. The maximum atomic E-state index is 13.1. The smallest absolute Gasteiger partial charge is 0.225 e. The predicted molar refractivity (Wildman–Crippen MR) is 119 cm³/mol. The number of nitrogens with one attached hydrogen (secondary N) is 1. The summed E-state index contributed by atoms with van der Waals surface area (Å²) in [5, 5.41) is 2.96. The summed E-state index contributed by atoms with van der Waals surface area (Å²) in [6.45, 7) is 7.85. The Kier molecular flexibility index (Phi) is 9.84. The lowest BCUT2D eigenvalue weighted by molar-refractivity contribution is -0.136. The van der Waals surface area contributed by atoms with Crippen LogP contribution >= 0.6 is 0 Å². The Morgan fingerprint density at radius 1 is 1.07 bits per heavy atom. The van der Waals surface area contributed by atoms with Crippen LogP contribution in [0.4, 0.5) is 0 Å². The van der Waals surface area contributed by atoms with E-state index >= 15 is 0 Å². The van der Waals surface area contributed by atoms with Crippen molar-refractivity contribution >= 4 is 17.7 Å². The van der Waals surface area contributed by atoms with Crippen molar-refractivity contribution in [3.63, 3.8) is 0 Å². The number of amides is 3. The highest BCUT2D eigenvalue weighted by Gasteiger charge is 2.28. The van der Waals surface area contributed by atoms with Gasteiger partial charge < -0.3 is 15.1 Å². The van der Waals surface area contributed by atoms with Crippen LogP contribution in [-0.4, -0.2) is 53.7 Å². The third kappa shape index (κ3) is 6.85. The number of hydrogen-bond donors (Lipinski definition) is 1. The maximum Gasteiger partial charge on any atom is 0.225 e. The van der Waals surface area contributed by atoms with Gasteiger partial charge in [0.2, 0.25) is 17.7 Å². The monoisotopic (exact) mass is 415 g/mol. The molecule has 0 bridgehead atoms. The summed E-state index contributed by atoms with van der Waals surface area (Å²) in [7, 11) is 0. The first-order valence-electron chi connectivity index (χ1n) is 11.4. The Morgan fingerprint density at radius 3 is 2.33 bits per heavy atom. The minimum atomic E-state index is -0.293. The summed E-state index contributed by atoms with van der Waals surface area (Å²) in [4.78, 5) is 41.9. The Morgan fingerprint density at radius 2 is 1.73 bits per heavy atom. The van der Waals surface area contributed by atoms with E-state index in [1.165, 1.54) is 0 Å². The zero-order valence-electron chi connectivity index (χ0n) is 18.7. The Labute approximate surface area is 181 Å². The molecule has 0 saturated carbocycles. The van der Waals surface area contributed by atoms with Gasteiger partial charge >= 0.3 is 0 Å². The molecule has 1 atom stereocenters. The van der Waals surface area contributed by atoms with Gasteiger partial charge in [0.05, 0.1) is 12.5 Å².